The van der Waals surface area contributed by atoms with Crippen LogP contribution in [0.4, 0.5) is 0 Å². The van der Waals surface area contributed by atoms with E-state index in [1.807, 2.05) is 0 Å². The predicted molar refractivity (Wildman–Crippen MR) is 74.2 cm³/mol. The molecule has 0 aliphatic heterocycles. The van der Waals surface area contributed by atoms with E-state index in [1.54, 1.807) is 0 Å². The van der Waals surface area contributed by atoms with Gasteiger partial charge in [-0.05, 0) is 0 Å². The van der Waals surface area contributed by atoms with Gasteiger partial charge in [-0.25, -0.2) is 0 Å². The van der Waals surface area contributed by atoms with Gasteiger partial charge in [0.05, 0.1) is 0 Å². The van der Waals surface area contributed by atoms with Crippen molar-refractivity contribution in [3.05, 3.63) is 84.5 Å². The minimum absolute atomic E-state index is 0. The van der Waals surface area contributed by atoms with Crippen LogP contribution in [0.1, 0.15) is 5.56 Å². The molecule has 0 aromatic heterocycles. The van der Waals surface area contributed by atoms with E-state index >= 15 is 0 Å². The molecule has 0 heterocycles. The molecule has 0 saturated carbocycles. The molecule has 0 spiro atoms. The fourth-order valence-corrected chi connectivity index (χ4v) is 10.2. The molecular formula is C17H17ClZr. The zero-order valence-electron chi connectivity index (χ0n) is 10.7. The first kappa shape index (κ1) is 14.8. The Morgan fingerprint density at radius 3 is 1.68 bits per heavy atom. The van der Waals surface area contributed by atoms with Crippen molar-refractivity contribution in [3.63, 3.8) is 0 Å². The molecule has 2 heteroatoms. The maximum Gasteiger partial charge on any atom is -1.00 e. The van der Waals surface area contributed by atoms with Gasteiger partial charge in [-0.1, -0.05) is 0 Å². The molecule has 3 rings (SSSR count). The van der Waals surface area contributed by atoms with Crippen molar-refractivity contribution in [2.24, 2.45) is 0 Å². The Kier molecular flexibility index (Phi) is 5.61. The molecule has 1 aromatic rings. The van der Waals surface area contributed by atoms with Gasteiger partial charge >= 0.3 is 118 Å². The average molecular weight is 348 g/mol. The zero-order valence-corrected chi connectivity index (χ0v) is 14.0. The third-order valence-electron chi connectivity index (χ3n) is 3.60. The summed E-state index contributed by atoms with van der Waals surface area (Å²) in [6.07, 6.45) is 18.5. The molecule has 96 valence electrons. The second-order valence-corrected chi connectivity index (χ2v) is 11.8. The van der Waals surface area contributed by atoms with Gasteiger partial charge in [0.1, 0.15) is 0 Å². The second kappa shape index (κ2) is 7.22. The Labute approximate surface area is 129 Å². The van der Waals surface area contributed by atoms with Gasteiger partial charge in [0, 0.05) is 0 Å². The van der Waals surface area contributed by atoms with Crippen LogP contribution in [0.2, 0.25) is 7.25 Å². The fourth-order valence-electron chi connectivity index (χ4n) is 2.65. The summed E-state index contributed by atoms with van der Waals surface area (Å²) in [5.41, 5.74) is 1.52. The van der Waals surface area contributed by atoms with Crippen molar-refractivity contribution in [1.29, 1.82) is 0 Å². The third kappa shape index (κ3) is 3.68. The summed E-state index contributed by atoms with van der Waals surface area (Å²) in [5.74, 6) is 0. The average Bonchev–Trinajstić information content (AvgIpc) is 3.11. The Balaban J connectivity index is 0.00000133. The number of hydrogen-bond acceptors (Lipinski definition) is 0. The van der Waals surface area contributed by atoms with Gasteiger partial charge < -0.3 is 12.4 Å². The summed E-state index contributed by atoms with van der Waals surface area (Å²) in [5, 5.41) is 0. The second-order valence-electron chi connectivity index (χ2n) is 4.83. The maximum absolute atomic E-state index is 2.41. The van der Waals surface area contributed by atoms with Gasteiger partial charge in [-0.15, -0.1) is 0 Å². The minimum atomic E-state index is -1.56. The Hall–Kier alpha value is -0.647. The summed E-state index contributed by atoms with van der Waals surface area (Å²) in [7, 11) is 0. The molecule has 0 N–H and O–H groups in total. The summed E-state index contributed by atoms with van der Waals surface area (Å²) in [6.45, 7) is 0. The van der Waals surface area contributed by atoms with E-state index in [9.17, 15) is 0 Å². The Bertz CT molecular complexity index is 461. The minimum Gasteiger partial charge on any atom is -1.00 e. The molecule has 0 radical (unpaired) electrons. The van der Waals surface area contributed by atoms with E-state index in [4.69, 9.17) is 0 Å². The van der Waals surface area contributed by atoms with Crippen molar-refractivity contribution >= 4 is 0 Å². The van der Waals surface area contributed by atoms with Crippen LogP contribution in [0.5, 0.6) is 0 Å². The molecule has 0 saturated heterocycles. The van der Waals surface area contributed by atoms with Crippen LogP contribution >= 0.6 is 0 Å². The van der Waals surface area contributed by atoms with Crippen molar-refractivity contribution in [2.75, 3.05) is 0 Å². The van der Waals surface area contributed by atoms with E-state index in [0.29, 0.717) is 0 Å². The van der Waals surface area contributed by atoms with Crippen molar-refractivity contribution in [1.82, 2.24) is 0 Å². The van der Waals surface area contributed by atoms with Gasteiger partial charge in [-0.2, -0.15) is 0 Å². The standard InChI is InChI=1S/C7H7.2C5H5.ClH.Zr/c1-7-5-3-2-4-6-7;2*1-2-4-5-3-1;;/h2-6H,1H2;2*1-5H;1H;/q;;;;+1/p-1. The molecule has 0 atom stereocenters. The molecule has 0 bridgehead atoms. The zero-order chi connectivity index (χ0) is 12.2. The maximum atomic E-state index is 2.41. The number of hydrogen-bond donors (Lipinski definition) is 0. The smallest absolute Gasteiger partial charge is 1.00 e. The molecule has 19 heavy (non-hydrogen) atoms. The molecule has 2 aliphatic rings. The fraction of sp³-hybridized carbons (Fsp3) is 0.176. The number of rotatable bonds is 4. The van der Waals surface area contributed by atoms with E-state index in [2.05, 4.69) is 78.9 Å². The van der Waals surface area contributed by atoms with Crippen LogP contribution < -0.4 is 12.4 Å². The van der Waals surface area contributed by atoms with E-state index in [1.165, 1.54) is 9.69 Å². The monoisotopic (exact) mass is 346 g/mol. The van der Waals surface area contributed by atoms with E-state index in [-0.39, 0.29) is 12.4 Å². The van der Waals surface area contributed by atoms with Gasteiger partial charge in [0.25, 0.3) is 0 Å². The molecule has 1 aromatic carbocycles. The predicted octanol–water partition coefficient (Wildman–Crippen LogP) is 1.64. The quantitative estimate of drug-likeness (QED) is 0.776. The third-order valence-corrected chi connectivity index (χ3v) is 11.7. The number of halogens is 1. The van der Waals surface area contributed by atoms with E-state index in [0.717, 1.165) is 7.25 Å². The van der Waals surface area contributed by atoms with Gasteiger partial charge in [0.2, 0.25) is 0 Å². The number of allylic oxidation sites excluding steroid dienone is 8. The number of benzene rings is 1. The molecular weight excluding hydrogens is 331 g/mol. The summed E-state index contributed by atoms with van der Waals surface area (Å²) < 4.78 is 2.87. The molecule has 0 fully saturated rings. The first-order valence-electron chi connectivity index (χ1n) is 6.53. The van der Waals surface area contributed by atoms with Crippen LogP contribution in [0.15, 0.2) is 78.9 Å². The van der Waals surface area contributed by atoms with Gasteiger partial charge in [0.15, 0.2) is 0 Å². The van der Waals surface area contributed by atoms with Crippen LogP contribution in [-0.4, -0.2) is 0 Å². The van der Waals surface area contributed by atoms with Crippen LogP contribution in [-0.2, 0) is 25.9 Å². The first-order valence-corrected chi connectivity index (χ1v) is 11.1. The molecule has 0 nitrogen and oxygen atoms in total. The van der Waals surface area contributed by atoms with Crippen LogP contribution in [0, 0.1) is 0 Å². The van der Waals surface area contributed by atoms with Crippen molar-refractivity contribution < 1.29 is 34.2 Å². The Morgan fingerprint density at radius 1 is 0.737 bits per heavy atom. The Morgan fingerprint density at radius 2 is 1.21 bits per heavy atom. The SMILES string of the molecule is C1=C[CH]([Zr+]([CH2]c2ccccc2)[CH]2C=CC=C2)C=C1.[Cl-]. The summed E-state index contributed by atoms with van der Waals surface area (Å²) in [6, 6.07) is 11.0. The van der Waals surface area contributed by atoms with E-state index < -0.39 is 21.8 Å². The largest absolute Gasteiger partial charge is 1.00 e. The topological polar surface area (TPSA) is 0 Å². The van der Waals surface area contributed by atoms with Crippen molar-refractivity contribution in [2.45, 2.75) is 11.4 Å². The molecule has 0 unspecified atom stereocenters. The molecule has 0 amide bonds. The molecule has 2 aliphatic carbocycles. The first-order chi connectivity index (χ1) is 8.93. The normalized spacial score (nSPS) is 17.1. The van der Waals surface area contributed by atoms with Crippen LogP contribution in [0.25, 0.3) is 0 Å². The van der Waals surface area contributed by atoms with Crippen LogP contribution in [0.3, 0.4) is 0 Å². The summed E-state index contributed by atoms with van der Waals surface area (Å²) in [4.78, 5) is 0. The summed E-state index contributed by atoms with van der Waals surface area (Å²) >= 11 is -1.56. The van der Waals surface area contributed by atoms with Gasteiger partial charge in [-0.3, -0.25) is 0 Å². The van der Waals surface area contributed by atoms with Crippen molar-refractivity contribution in [3.8, 4) is 0 Å².